The molecule has 26 heavy (non-hydrogen) atoms. The summed E-state index contributed by atoms with van der Waals surface area (Å²) in [6.45, 7) is 2.12. The Hall–Kier alpha value is -2.65. The maximum Gasteiger partial charge on any atom is 0.174 e. The second kappa shape index (κ2) is 5.96. The molecule has 1 heterocycles. The van der Waals surface area contributed by atoms with Gasteiger partial charge in [-0.3, -0.25) is 9.79 Å². The topological polar surface area (TPSA) is 29.4 Å². The molecule has 3 heteroatoms. The van der Waals surface area contributed by atoms with Crippen LogP contribution in [0.25, 0.3) is 0 Å². The van der Waals surface area contributed by atoms with E-state index in [1.165, 1.54) is 11.1 Å². The van der Waals surface area contributed by atoms with Gasteiger partial charge in [-0.2, -0.15) is 0 Å². The number of hydrogen-bond acceptors (Lipinski definition) is 3. The molecular formula is C23H17NOS. The van der Waals surface area contributed by atoms with Crippen LogP contribution in [-0.2, 0) is 0 Å². The molecule has 0 fully saturated rings. The number of para-hydroxylation sites is 1. The standard InChI is InChI=1S/C23H17NOS/c1-14-8-2-3-9-15(14)23-20-21(16-10-4-5-11-17(16)22(20)25)24-18-12-6-7-13-19(18)26-23/h2-13,20,23H,1H3/t20-,23-/m0/s1. The Bertz CT molecular complexity index is 1070. The van der Waals surface area contributed by atoms with E-state index in [9.17, 15) is 4.79 Å². The van der Waals surface area contributed by atoms with Crippen molar-refractivity contribution in [1.82, 2.24) is 0 Å². The smallest absolute Gasteiger partial charge is 0.174 e. The van der Waals surface area contributed by atoms with E-state index >= 15 is 0 Å². The zero-order valence-electron chi connectivity index (χ0n) is 14.3. The van der Waals surface area contributed by atoms with E-state index in [1.807, 2.05) is 48.5 Å². The van der Waals surface area contributed by atoms with E-state index in [4.69, 9.17) is 4.99 Å². The van der Waals surface area contributed by atoms with Gasteiger partial charge in [0.05, 0.1) is 22.6 Å². The second-order valence-electron chi connectivity index (χ2n) is 6.75. The van der Waals surface area contributed by atoms with Crippen LogP contribution in [0, 0.1) is 12.8 Å². The first kappa shape index (κ1) is 15.6. The van der Waals surface area contributed by atoms with E-state index in [-0.39, 0.29) is 17.0 Å². The Morgan fingerprint density at radius 1 is 0.846 bits per heavy atom. The summed E-state index contributed by atoms with van der Waals surface area (Å²) >= 11 is 1.76. The predicted molar refractivity (Wildman–Crippen MR) is 107 cm³/mol. The van der Waals surface area contributed by atoms with Gasteiger partial charge in [0.25, 0.3) is 0 Å². The SMILES string of the molecule is Cc1ccccc1[C@@H]1Sc2ccccc2N=C2c3ccccc3C(=O)[C@H]21. The number of aryl methyl sites for hydroxylation is 1. The van der Waals surface area contributed by atoms with Crippen molar-refractivity contribution in [2.45, 2.75) is 17.1 Å². The van der Waals surface area contributed by atoms with Crippen molar-refractivity contribution in [2.75, 3.05) is 0 Å². The van der Waals surface area contributed by atoms with Gasteiger partial charge in [-0.15, -0.1) is 11.8 Å². The number of ketones is 1. The number of Topliss-reactive ketones (excluding diaryl/α,β-unsaturated/α-hetero) is 1. The normalized spacial score (nSPS) is 20.7. The molecule has 0 aromatic heterocycles. The van der Waals surface area contributed by atoms with Gasteiger partial charge in [-0.05, 0) is 30.2 Å². The molecule has 0 saturated heterocycles. The lowest BCUT2D eigenvalue weighted by atomic mass is 9.91. The number of thioether (sulfide) groups is 1. The molecule has 2 aliphatic rings. The van der Waals surface area contributed by atoms with Gasteiger partial charge in [0, 0.05) is 16.0 Å². The summed E-state index contributed by atoms with van der Waals surface area (Å²) in [6, 6.07) is 24.5. The van der Waals surface area contributed by atoms with Gasteiger partial charge in [-0.25, -0.2) is 0 Å². The molecule has 0 spiro atoms. The number of rotatable bonds is 1. The van der Waals surface area contributed by atoms with Gasteiger partial charge in [0.2, 0.25) is 0 Å². The largest absolute Gasteiger partial charge is 0.293 e. The van der Waals surface area contributed by atoms with Crippen LogP contribution >= 0.6 is 11.8 Å². The lowest BCUT2D eigenvalue weighted by Crippen LogP contribution is -2.22. The quantitative estimate of drug-likeness (QED) is 0.554. The van der Waals surface area contributed by atoms with Crippen molar-refractivity contribution in [1.29, 1.82) is 0 Å². The fourth-order valence-corrected chi connectivity index (χ4v) is 5.37. The molecule has 5 rings (SSSR count). The van der Waals surface area contributed by atoms with Crippen LogP contribution in [0.4, 0.5) is 5.69 Å². The third-order valence-corrected chi connectivity index (χ3v) is 6.58. The molecule has 126 valence electrons. The maximum atomic E-state index is 13.3. The van der Waals surface area contributed by atoms with Crippen molar-refractivity contribution < 1.29 is 4.79 Å². The van der Waals surface area contributed by atoms with Crippen LogP contribution in [0.2, 0.25) is 0 Å². The predicted octanol–water partition coefficient (Wildman–Crippen LogP) is 5.78. The van der Waals surface area contributed by atoms with Crippen LogP contribution in [0.5, 0.6) is 0 Å². The fraction of sp³-hybridized carbons (Fsp3) is 0.130. The number of nitrogens with zero attached hydrogens (tertiary/aromatic N) is 1. The van der Waals surface area contributed by atoms with Crippen molar-refractivity contribution in [3.05, 3.63) is 95.1 Å². The molecule has 0 amide bonds. The average Bonchev–Trinajstić information content (AvgIpc) is 2.84. The highest BCUT2D eigenvalue weighted by atomic mass is 32.2. The number of aliphatic imine (C=N–C) groups is 1. The first-order valence-corrected chi connectivity index (χ1v) is 9.65. The number of benzene rings is 3. The van der Waals surface area contributed by atoms with E-state index in [0.717, 1.165) is 27.4 Å². The average molecular weight is 355 g/mol. The van der Waals surface area contributed by atoms with Crippen molar-refractivity contribution >= 4 is 28.9 Å². The van der Waals surface area contributed by atoms with Crippen molar-refractivity contribution in [3.63, 3.8) is 0 Å². The molecule has 3 aromatic carbocycles. The molecule has 0 bridgehead atoms. The highest BCUT2D eigenvalue weighted by Crippen LogP contribution is 2.51. The van der Waals surface area contributed by atoms with Crippen LogP contribution in [0.15, 0.2) is 82.7 Å². The molecule has 0 radical (unpaired) electrons. The molecule has 1 aliphatic carbocycles. The minimum absolute atomic E-state index is 0.0264. The summed E-state index contributed by atoms with van der Waals surface area (Å²) in [5.41, 5.74) is 6.09. The Morgan fingerprint density at radius 3 is 2.38 bits per heavy atom. The summed E-state index contributed by atoms with van der Waals surface area (Å²) in [6.07, 6.45) is 0. The van der Waals surface area contributed by atoms with E-state index in [1.54, 1.807) is 11.8 Å². The molecule has 3 aromatic rings. The van der Waals surface area contributed by atoms with Gasteiger partial charge < -0.3 is 0 Å². The number of fused-ring (bicyclic) bond motifs is 4. The van der Waals surface area contributed by atoms with Gasteiger partial charge in [0.15, 0.2) is 5.78 Å². The summed E-state index contributed by atoms with van der Waals surface area (Å²) in [7, 11) is 0. The van der Waals surface area contributed by atoms with Crippen LogP contribution in [0.3, 0.4) is 0 Å². The molecule has 0 N–H and O–H groups in total. The highest BCUT2D eigenvalue weighted by Gasteiger charge is 2.44. The Labute approximate surface area is 157 Å². The molecule has 1 aliphatic heterocycles. The maximum absolute atomic E-state index is 13.3. The van der Waals surface area contributed by atoms with Crippen LogP contribution in [-0.4, -0.2) is 11.5 Å². The van der Waals surface area contributed by atoms with E-state index in [2.05, 4.69) is 31.2 Å². The summed E-state index contributed by atoms with van der Waals surface area (Å²) in [5.74, 6) is -0.0567. The summed E-state index contributed by atoms with van der Waals surface area (Å²) < 4.78 is 0. The Morgan fingerprint density at radius 2 is 1.54 bits per heavy atom. The molecule has 0 saturated carbocycles. The Balaban J connectivity index is 1.78. The first-order chi connectivity index (χ1) is 12.7. The zero-order valence-corrected chi connectivity index (χ0v) is 15.2. The lowest BCUT2D eigenvalue weighted by molar-refractivity contribution is 0.0960. The van der Waals surface area contributed by atoms with E-state index < -0.39 is 0 Å². The number of hydrogen-bond donors (Lipinski definition) is 0. The zero-order chi connectivity index (χ0) is 17.7. The summed E-state index contributed by atoms with van der Waals surface area (Å²) in [5, 5.41) is 0.0264. The lowest BCUT2D eigenvalue weighted by Gasteiger charge is -2.23. The molecule has 2 atom stereocenters. The molecule has 2 nitrogen and oxygen atoms in total. The highest BCUT2D eigenvalue weighted by molar-refractivity contribution is 7.99. The van der Waals surface area contributed by atoms with Crippen molar-refractivity contribution in [3.8, 4) is 0 Å². The Kier molecular flexibility index (Phi) is 3.57. The molecular weight excluding hydrogens is 338 g/mol. The minimum atomic E-state index is -0.245. The minimum Gasteiger partial charge on any atom is -0.293 e. The monoisotopic (exact) mass is 355 g/mol. The van der Waals surface area contributed by atoms with Gasteiger partial charge in [-0.1, -0.05) is 60.7 Å². The van der Waals surface area contributed by atoms with Gasteiger partial charge in [0.1, 0.15) is 0 Å². The van der Waals surface area contributed by atoms with Crippen molar-refractivity contribution in [2.24, 2.45) is 10.9 Å². The van der Waals surface area contributed by atoms with E-state index in [0.29, 0.717) is 0 Å². The van der Waals surface area contributed by atoms with Crippen LogP contribution < -0.4 is 0 Å². The summed E-state index contributed by atoms with van der Waals surface area (Å²) in [4.78, 5) is 19.4. The third kappa shape index (κ3) is 2.27. The molecule has 0 unspecified atom stereocenters. The van der Waals surface area contributed by atoms with Crippen LogP contribution in [0.1, 0.15) is 32.3 Å². The second-order valence-corrected chi connectivity index (χ2v) is 7.93. The fourth-order valence-electron chi connectivity index (χ4n) is 3.92. The first-order valence-electron chi connectivity index (χ1n) is 8.77. The third-order valence-electron chi connectivity index (χ3n) is 5.20. The number of carbonyl (C=O) groups is 1. The van der Waals surface area contributed by atoms with Gasteiger partial charge >= 0.3 is 0 Å². The number of carbonyl (C=O) groups excluding carboxylic acids is 1.